The van der Waals surface area contributed by atoms with Crippen LogP contribution in [0, 0.1) is 0 Å². The SMILES string of the molecule is COc1cccc(Cn2c(=O)n(Cc3ccc(C(=O)NC(C)C)cc3)c(=O)c3cc(OC)c(OC)cc32)c1. The van der Waals surface area contributed by atoms with E-state index in [0.29, 0.717) is 39.3 Å². The maximum Gasteiger partial charge on any atom is 0.332 e. The van der Waals surface area contributed by atoms with E-state index in [0.717, 1.165) is 5.56 Å². The molecule has 0 saturated carbocycles. The van der Waals surface area contributed by atoms with Crippen molar-refractivity contribution in [2.75, 3.05) is 21.3 Å². The zero-order valence-corrected chi connectivity index (χ0v) is 22.1. The van der Waals surface area contributed by atoms with Crippen molar-refractivity contribution in [1.29, 1.82) is 0 Å². The summed E-state index contributed by atoms with van der Waals surface area (Å²) < 4.78 is 18.9. The van der Waals surface area contributed by atoms with E-state index in [-0.39, 0.29) is 25.0 Å². The van der Waals surface area contributed by atoms with E-state index in [1.54, 1.807) is 43.5 Å². The number of rotatable bonds is 9. The van der Waals surface area contributed by atoms with Gasteiger partial charge in [-0.15, -0.1) is 0 Å². The molecule has 0 spiro atoms. The third-order valence-corrected chi connectivity index (χ3v) is 6.18. The van der Waals surface area contributed by atoms with Crippen LogP contribution in [0.5, 0.6) is 17.2 Å². The molecule has 1 heterocycles. The molecule has 4 aromatic rings. The highest BCUT2D eigenvalue weighted by Crippen LogP contribution is 2.30. The minimum absolute atomic E-state index is 0.0111. The summed E-state index contributed by atoms with van der Waals surface area (Å²) in [6, 6.07) is 17.5. The number of methoxy groups -OCH3 is 3. The Morgan fingerprint density at radius 1 is 0.816 bits per heavy atom. The highest BCUT2D eigenvalue weighted by Gasteiger charge is 2.18. The standard InChI is InChI=1S/C29H31N3O6/c1-18(2)30-27(33)21-11-9-19(10-12-21)16-32-28(34)23-14-25(37-4)26(38-5)15-24(23)31(29(32)35)17-20-7-6-8-22(13-20)36-3/h6-15,18H,16-17H2,1-5H3,(H,30,33). The number of aromatic nitrogens is 2. The number of nitrogens with one attached hydrogen (secondary N) is 1. The van der Waals surface area contributed by atoms with Crippen molar-refractivity contribution in [1.82, 2.24) is 14.5 Å². The zero-order valence-electron chi connectivity index (χ0n) is 22.1. The van der Waals surface area contributed by atoms with Gasteiger partial charge in [-0.3, -0.25) is 18.7 Å². The molecular weight excluding hydrogens is 486 g/mol. The molecule has 0 unspecified atom stereocenters. The van der Waals surface area contributed by atoms with Gasteiger partial charge in [0, 0.05) is 17.7 Å². The second kappa shape index (κ2) is 11.2. The van der Waals surface area contributed by atoms with Crippen LogP contribution in [0.3, 0.4) is 0 Å². The first-order valence-electron chi connectivity index (χ1n) is 12.2. The smallest absolute Gasteiger partial charge is 0.332 e. The molecule has 1 amide bonds. The van der Waals surface area contributed by atoms with Crippen molar-refractivity contribution in [3.8, 4) is 17.2 Å². The van der Waals surface area contributed by atoms with Crippen LogP contribution >= 0.6 is 0 Å². The number of benzene rings is 3. The summed E-state index contributed by atoms with van der Waals surface area (Å²) in [4.78, 5) is 39.7. The lowest BCUT2D eigenvalue weighted by atomic mass is 10.1. The van der Waals surface area contributed by atoms with Crippen molar-refractivity contribution in [3.63, 3.8) is 0 Å². The number of amides is 1. The molecule has 9 nitrogen and oxygen atoms in total. The largest absolute Gasteiger partial charge is 0.497 e. The lowest BCUT2D eigenvalue weighted by Crippen LogP contribution is -2.40. The van der Waals surface area contributed by atoms with Crippen LogP contribution < -0.4 is 30.8 Å². The van der Waals surface area contributed by atoms with Crippen LogP contribution in [-0.2, 0) is 13.1 Å². The van der Waals surface area contributed by atoms with Gasteiger partial charge in [0.25, 0.3) is 11.5 Å². The van der Waals surface area contributed by atoms with Crippen LogP contribution in [0.25, 0.3) is 10.9 Å². The molecule has 0 fully saturated rings. The summed E-state index contributed by atoms with van der Waals surface area (Å²) in [5.74, 6) is 1.27. The molecule has 0 radical (unpaired) electrons. The topological polar surface area (TPSA) is 101 Å². The lowest BCUT2D eigenvalue weighted by Gasteiger charge is -2.17. The van der Waals surface area contributed by atoms with Crippen LogP contribution in [0.1, 0.15) is 35.3 Å². The van der Waals surface area contributed by atoms with Gasteiger partial charge in [-0.2, -0.15) is 0 Å². The van der Waals surface area contributed by atoms with Gasteiger partial charge in [-0.1, -0.05) is 24.3 Å². The summed E-state index contributed by atoms with van der Waals surface area (Å²) in [7, 11) is 4.57. The number of hydrogen-bond acceptors (Lipinski definition) is 6. The van der Waals surface area contributed by atoms with Crippen molar-refractivity contribution >= 4 is 16.8 Å². The normalized spacial score (nSPS) is 11.0. The Kier molecular flexibility index (Phi) is 7.85. The van der Waals surface area contributed by atoms with Crippen LogP contribution in [0.15, 0.2) is 70.3 Å². The fourth-order valence-electron chi connectivity index (χ4n) is 4.28. The van der Waals surface area contributed by atoms with Crippen LogP contribution in [0.2, 0.25) is 0 Å². The maximum atomic E-state index is 13.8. The second-order valence-corrected chi connectivity index (χ2v) is 9.16. The Hall–Kier alpha value is -4.53. The summed E-state index contributed by atoms with van der Waals surface area (Å²) in [6.45, 7) is 4.02. The van der Waals surface area contributed by atoms with Crippen LogP contribution in [-0.4, -0.2) is 42.4 Å². The van der Waals surface area contributed by atoms with E-state index >= 15 is 0 Å². The minimum atomic E-state index is -0.473. The molecule has 4 rings (SSSR count). The van der Waals surface area contributed by atoms with E-state index in [1.165, 1.54) is 23.4 Å². The summed E-state index contributed by atoms with van der Waals surface area (Å²) in [6.07, 6.45) is 0. The molecule has 38 heavy (non-hydrogen) atoms. The van der Waals surface area contributed by atoms with E-state index in [4.69, 9.17) is 14.2 Å². The maximum absolute atomic E-state index is 13.8. The predicted molar refractivity (Wildman–Crippen MR) is 146 cm³/mol. The van der Waals surface area contributed by atoms with Gasteiger partial charge in [0.15, 0.2) is 11.5 Å². The van der Waals surface area contributed by atoms with Gasteiger partial charge in [0.05, 0.1) is 45.3 Å². The first-order chi connectivity index (χ1) is 18.2. The number of carbonyl (C=O) groups excluding carboxylic acids is 1. The Morgan fingerprint density at radius 2 is 1.47 bits per heavy atom. The van der Waals surface area contributed by atoms with Gasteiger partial charge in [0.1, 0.15) is 5.75 Å². The predicted octanol–water partition coefficient (Wildman–Crippen LogP) is 3.42. The Bertz CT molecular complexity index is 1590. The van der Waals surface area contributed by atoms with Crippen molar-refractivity contribution in [3.05, 3.63) is 98.2 Å². The number of ether oxygens (including phenoxy) is 3. The van der Waals surface area contributed by atoms with Gasteiger partial charge in [0.2, 0.25) is 0 Å². The third kappa shape index (κ3) is 5.41. The van der Waals surface area contributed by atoms with Gasteiger partial charge in [-0.05, 0) is 55.3 Å². The average Bonchev–Trinajstić information content (AvgIpc) is 2.92. The molecule has 9 heteroatoms. The fourth-order valence-corrected chi connectivity index (χ4v) is 4.28. The molecule has 3 aromatic carbocycles. The van der Waals surface area contributed by atoms with Crippen molar-refractivity contribution < 1.29 is 19.0 Å². The molecule has 0 atom stereocenters. The third-order valence-electron chi connectivity index (χ3n) is 6.18. The van der Waals surface area contributed by atoms with Crippen molar-refractivity contribution in [2.24, 2.45) is 0 Å². The highest BCUT2D eigenvalue weighted by atomic mass is 16.5. The second-order valence-electron chi connectivity index (χ2n) is 9.16. The summed E-state index contributed by atoms with van der Waals surface area (Å²) in [5, 5.41) is 3.16. The Labute approximate surface area is 220 Å². The Balaban J connectivity index is 1.84. The molecule has 1 aromatic heterocycles. The first kappa shape index (κ1) is 26.5. The first-order valence-corrected chi connectivity index (χ1v) is 12.2. The number of nitrogens with zero attached hydrogens (tertiary/aromatic N) is 2. The quantitative estimate of drug-likeness (QED) is 0.365. The highest BCUT2D eigenvalue weighted by molar-refractivity contribution is 5.94. The summed E-state index contributed by atoms with van der Waals surface area (Å²) in [5.41, 5.74) is 1.54. The van der Waals surface area contributed by atoms with E-state index in [2.05, 4.69) is 5.32 Å². The molecule has 0 saturated heterocycles. The average molecular weight is 518 g/mol. The Morgan fingerprint density at radius 3 is 2.11 bits per heavy atom. The molecule has 0 bridgehead atoms. The van der Waals surface area contributed by atoms with Gasteiger partial charge < -0.3 is 19.5 Å². The summed E-state index contributed by atoms with van der Waals surface area (Å²) >= 11 is 0. The molecule has 0 aliphatic carbocycles. The molecule has 0 aliphatic heterocycles. The fraction of sp³-hybridized carbons (Fsp3) is 0.276. The number of hydrogen-bond donors (Lipinski definition) is 1. The number of carbonyl (C=O) groups is 1. The van der Waals surface area contributed by atoms with Gasteiger partial charge >= 0.3 is 5.69 Å². The van der Waals surface area contributed by atoms with Crippen molar-refractivity contribution in [2.45, 2.75) is 33.0 Å². The monoisotopic (exact) mass is 517 g/mol. The van der Waals surface area contributed by atoms with Gasteiger partial charge in [-0.25, -0.2) is 4.79 Å². The van der Waals surface area contributed by atoms with E-state index < -0.39 is 11.2 Å². The zero-order chi connectivity index (χ0) is 27.4. The molecular formula is C29H31N3O6. The minimum Gasteiger partial charge on any atom is -0.497 e. The molecule has 0 aliphatic rings. The number of fused-ring (bicyclic) bond motifs is 1. The molecule has 198 valence electrons. The van der Waals surface area contributed by atoms with E-state index in [9.17, 15) is 14.4 Å². The molecule has 1 N–H and O–H groups in total. The van der Waals surface area contributed by atoms with E-state index in [1.807, 2.05) is 38.1 Å². The lowest BCUT2D eigenvalue weighted by molar-refractivity contribution is 0.0943. The van der Waals surface area contributed by atoms with Crippen LogP contribution in [0.4, 0.5) is 0 Å².